The van der Waals surface area contributed by atoms with Crippen molar-refractivity contribution in [2.75, 3.05) is 31.1 Å². The van der Waals surface area contributed by atoms with Gasteiger partial charge in [0.15, 0.2) is 0 Å². The summed E-state index contributed by atoms with van der Waals surface area (Å²) in [5.41, 5.74) is 3.19. The Labute approximate surface area is 190 Å². The molecule has 0 radical (unpaired) electrons. The second-order valence-corrected chi connectivity index (χ2v) is 8.96. The number of anilines is 1. The average Bonchev–Trinajstić information content (AvgIpc) is 2.82. The van der Waals surface area contributed by atoms with Crippen LogP contribution in [0, 0.1) is 12.8 Å². The first-order chi connectivity index (χ1) is 15.5. The molecular formula is C26H33N3O3. The lowest BCUT2D eigenvalue weighted by Gasteiger charge is -2.39. The van der Waals surface area contributed by atoms with Gasteiger partial charge in [-0.05, 0) is 62.8 Å². The number of amides is 3. The third-order valence-corrected chi connectivity index (χ3v) is 6.25. The van der Waals surface area contributed by atoms with E-state index in [0.29, 0.717) is 26.2 Å². The first-order valence-corrected chi connectivity index (χ1v) is 11.7. The number of benzene rings is 2. The lowest BCUT2D eigenvalue weighted by Crippen LogP contribution is -2.53. The van der Waals surface area contributed by atoms with Crippen LogP contribution in [0.5, 0.6) is 5.75 Å². The Morgan fingerprint density at radius 2 is 1.94 bits per heavy atom. The van der Waals surface area contributed by atoms with Crippen LogP contribution in [0.15, 0.2) is 48.5 Å². The Balaban J connectivity index is 1.33. The van der Waals surface area contributed by atoms with Crippen LogP contribution in [0.25, 0.3) is 0 Å². The van der Waals surface area contributed by atoms with E-state index >= 15 is 0 Å². The monoisotopic (exact) mass is 435 g/mol. The largest absolute Gasteiger partial charge is 0.487 e. The van der Waals surface area contributed by atoms with Crippen molar-refractivity contribution >= 4 is 17.6 Å². The molecule has 4 rings (SSSR count). The number of likely N-dealkylation sites (tertiary alicyclic amines) is 1. The Hall–Kier alpha value is -3.02. The summed E-state index contributed by atoms with van der Waals surface area (Å²) in [6.45, 7) is 6.32. The Morgan fingerprint density at radius 1 is 1.12 bits per heavy atom. The lowest BCUT2D eigenvalue weighted by molar-refractivity contribution is -0.126. The first-order valence-electron chi connectivity index (χ1n) is 11.7. The third-order valence-electron chi connectivity index (χ3n) is 6.25. The van der Waals surface area contributed by atoms with E-state index in [2.05, 4.69) is 17.4 Å². The van der Waals surface area contributed by atoms with Gasteiger partial charge < -0.3 is 15.0 Å². The molecule has 2 atom stereocenters. The van der Waals surface area contributed by atoms with Crippen molar-refractivity contribution < 1.29 is 14.3 Å². The topological polar surface area (TPSA) is 61.9 Å². The predicted octanol–water partition coefficient (Wildman–Crippen LogP) is 4.16. The average molecular weight is 436 g/mol. The van der Waals surface area contributed by atoms with Crippen molar-refractivity contribution in [3.05, 3.63) is 59.7 Å². The number of piperidine rings is 1. The van der Waals surface area contributed by atoms with Gasteiger partial charge in [0.25, 0.3) is 0 Å². The minimum absolute atomic E-state index is 0.0337. The van der Waals surface area contributed by atoms with E-state index in [1.54, 1.807) is 0 Å². The maximum atomic E-state index is 13.4. The number of urea groups is 1. The Kier molecular flexibility index (Phi) is 6.98. The van der Waals surface area contributed by atoms with Crippen molar-refractivity contribution in [1.82, 2.24) is 10.2 Å². The first kappa shape index (κ1) is 22.2. The number of nitrogens with one attached hydrogen (secondary N) is 1. The van der Waals surface area contributed by atoms with Crippen LogP contribution in [-0.2, 0) is 11.2 Å². The summed E-state index contributed by atoms with van der Waals surface area (Å²) in [5, 5.41) is 3.08. The third kappa shape index (κ3) is 5.23. The lowest BCUT2D eigenvalue weighted by atomic mass is 9.97. The second kappa shape index (κ2) is 10.1. The molecule has 3 amide bonds. The summed E-state index contributed by atoms with van der Waals surface area (Å²) < 4.78 is 5.92. The number of fused-ring (bicyclic) bond motifs is 1. The zero-order valence-electron chi connectivity index (χ0n) is 19.0. The quantitative estimate of drug-likeness (QED) is 0.718. The van der Waals surface area contributed by atoms with Crippen LogP contribution >= 0.6 is 0 Å². The fourth-order valence-electron chi connectivity index (χ4n) is 4.56. The highest BCUT2D eigenvalue weighted by Gasteiger charge is 2.34. The van der Waals surface area contributed by atoms with Crippen LogP contribution in [0.1, 0.15) is 37.3 Å². The molecule has 6 heteroatoms. The standard InChI is InChI=1S/C26H33N3O3/c1-19-12-13-24-23(16-19)29(17-20(2)32-24)26(31)28-15-7-11-22(18-28)25(30)27-14-6-10-21-8-4-3-5-9-21/h3-5,8-9,12-13,16,20,22H,6-7,10-11,14-15,17-18H2,1-2H3,(H,27,30). The summed E-state index contributed by atoms with van der Waals surface area (Å²) in [6, 6.07) is 16.2. The molecule has 2 aliphatic heterocycles. The number of ether oxygens (including phenoxy) is 1. The molecule has 0 aliphatic carbocycles. The maximum absolute atomic E-state index is 13.4. The maximum Gasteiger partial charge on any atom is 0.324 e. The van der Waals surface area contributed by atoms with Gasteiger partial charge in [0.2, 0.25) is 5.91 Å². The molecule has 0 bridgehead atoms. The highest BCUT2D eigenvalue weighted by molar-refractivity contribution is 5.94. The normalized spacial score (nSPS) is 20.3. The number of hydrogen-bond donors (Lipinski definition) is 1. The number of hydrogen-bond acceptors (Lipinski definition) is 3. The molecule has 1 fully saturated rings. The van der Waals surface area contributed by atoms with Crippen molar-refractivity contribution in [2.24, 2.45) is 5.92 Å². The van der Waals surface area contributed by atoms with Crippen LogP contribution in [0.2, 0.25) is 0 Å². The minimum atomic E-state index is -0.153. The van der Waals surface area contributed by atoms with E-state index in [1.807, 2.05) is 60.0 Å². The van der Waals surface area contributed by atoms with Gasteiger partial charge in [0.1, 0.15) is 11.9 Å². The zero-order valence-corrected chi connectivity index (χ0v) is 19.0. The van der Waals surface area contributed by atoms with Gasteiger partial charge >= 0.3 is 6.03 Å². The van der Waals surface area contributed by atoms with Gasteiger partial charge in [-0.3, -0.25) is 9.69 Å². The number of nitrogens with zero attached hydrogens (tertiary/aromatic N) is 2. The summed E-state index contributed by atoms with van der Waals surface area (Å²) >= 11 is 0. The zero-order chi connectivity index (χ0) is 22.5. The van der Waals surface area contributed by atoms with E-state index in [9.17, 15) is 9.59 Å². The second-order valence-electron chi connectivity index (χ2n) is 8.96. The summed E-state index contributed by atoms with van der Waals surface area (Å²) in [7, 11) is 0. The molecular weight excluding hydrogens is 402 g/mol. The number of aryl methyl sites for hydroxylation is 2. The molecule has 2 heterocycles. The molecule has 0 saturated carbocycles. The molecule has 0 spiro atoms. The van der Waals surface area contributed by atoms with E-state index in [-0.39, 0.29) is 24.0 Å². The van der Waals surface area contributed by atoms with Crippen LogP contribution in [0.4, 0.5) is 10.5 Å². The van der Waals surface area contributed by atoms with Gasteiger partial charge in [-0.1, -0.05) is 36.4 Å². The van der Waals surface area contributed by atoms with Gasteiger partial charge in [0, 0.05) is 19.6 Å². The van der Waals surface area contributed by atoms with Crippen molar-refractivity contribution in [3.8, 4) is 5.75 Å². The molecule has 2 aromatic carbocycles. The number of carbonyl (C=O) groups is 2. The van der Waals surface area contributed by atoms with Crippen LogP contribution in [0.3, 0.4) is 0 Å². The van der Waals surface area contributed by atoms with Crippen molar-refractivity contribution in [1.29, 1.82) is 0 Å². The Morgan fingerprint density at radius 3 is 2.75 bits per heavy atom. The van der Waals surface area contributed by atoms with Gasteiger partial charge in [-0.15, -0.1) is 0 Å². The van der Waals surface area contributed by atoms with Crippen molar-refractivity contribution in [3.63, 3.8) is 0 Å². The molecule has 2 unspecified atom stereocenters. The number of carbonyl (C=O) groups excluding carboxylic acids is 2. The number of rotatable bonds is 5. The smallest absolute Gasteiger partial charge is 0.324 e. The predicted molar refractivity (Wildman–Crippen MR) is 126 cm³/mol. The highest BCUT2D eigenvalue weighted by atomic mass is 16.5. The van der Waals surface area contributed by atoms with E-state index in [1.165, 1.54) is 5.56 Å². The molecule has 0 aromatic heterocycles. The fourth-order valence-corrected chi connectivity index (χ4v) is 4.56. The van der Waals surface area contributed by atoms with Gasteiger partial charge in [-0.25, -0.2) is 4.79 Å². The molecule has 1 N–H and O–H groups in total. The van der Waals surface area contributed by atoms with Crippen molar-refractivity contribution in [2.45, 2.75) is 45.6 Å². The SMILES string of the molecule is Cc1ccc2c(c1)N(C(=O)N1CCCC(C(=O)NCCCc3ccccc3)C1)CC(C)O2. The van der Waals surface area contributed by atoms with Crippen LogP contribution in [-0.4, -0.2) is 49.1 Å². The molecule has 170 valence electrons. The van der Waals surface area contributed by atoms with E-state index in [4.69, 9.17) is 4.74 Å². The van der Waals surface area contributed by atoms with E-state index < -0.39 is 0 Å². The van der Waals surface area contributed by atoms with E-state index in [0.717, 1.165) is 42.7 Å². The molecule has 2 aromatic rings. The fraction of sp³-hybridized carbons (Fsp3) is 0.462. The van der Waals surface area contributed by atoms with Gasteiger partial charge in [0.05, 0.1) is 18.2 Å². The molecule has 2 aliphatic rings. The summed E-state index contributed by atoms with van der Waals surface area (Å²) in [5.74, 6) is 0.648. The Bertz CT molecular complexity index is 947. The van der Waals surface area contributed by atoms with Gasteiger partial charge in [-0.2, -0.15) is 0 Å². The minimum Gasteiger partial charge on any atom is -0.487 e. The molecule has 32 heavy (non-hydrogen) atoms. The molecule has 1 saturated heterocycles. The highest BCUT2D eigenvalue weighted by Crippen LogP contribution is 2.35. The molecule has 6 nitrogen and oxygen atoms in total. The van der Waals surface area contributed by atoms with Crippen LogP contribution < -0.4 is 15.0 Å². The summed E-state index contributed by atoms with van der Waals surface area (Å²) in [4.78, 5) is 29.8. The summed E-state index contributed by atoms with van der Waals surface area (Å²) in [6.07, 6.45) is 3.46.